The van der Waals surface area contributed by atoms with E-state index < -0.39 is 0 Å². The van der Waals surface area contributed by atoms with Gasteiger partial charge in [-0.05, 0) is 61.1 Å². The smallest absolute Gasteiger partial charge is 0.251 e. The van der Waals surface area contributed by atoms with Crippen molar-refractivity contribution in [3.63, 3.8) is 0 Å². The van der Waals surface area contributed by atoms with Crippen molar-refractivity contribution < 1.29 is 9.59 Å². The summed E-state index contributed by atoms with van der Waals surface area (Å²) in [5.41, 5.74) is 4.39. The van der Waals surface area contributed by atoms with Gasteiger partial charge in [-0.2, -0.15) is 0 Å². The van der Waals surface area contributed by atoms with E-state index >= 15 is 0 Å². The number of anilines is 1. The first-order valence-corrected chi connectivity index (χ1v) is 11.1. The van der Waals surface area contributed by atoms with Gasteiger partial charge in [0.25, 0.3) is 5.91 Å². The highest BCUT2D eigenvalue weighted by Gasteiger charge is 2.09. The van der Waals surface area contributed by atoms with Crippen LogP contribution in [0.15, 0.2) is 42.5 Å². The molecule has 0 saturated carbocycles. The Labute approximate surface area is 183 Å². The summed E-state index contributed by atoms with van der Waals surface area (Å²) in [6, 6.07) is 13.5. The molecule has 0 aliphatic rings. The topological polar surface area (TPSA) is 86.9 Å². The van der Waals surface area contributed by atoms with Crippen molar-refractivity contribution in [1.82, 2.24) is 15.3 Å². The van der Waals surface area contributed by atoms with Gasteiger partial charge in [-0.3, -0.25) is 9.59 Å². The van der Waals surface area contributed by atoms with Crippen molar-refractivity contribution in [2.45, 2.75) is 52.9 Å². The highest BCUT2D eigenvalue weighted by molar-refractivity contribution is 5.97. The molecule has 6 heteroatoms. The van der Waals surface area contributed by atoms with Gasteiger partial charge < -0.3 is 15.6 Å². The molecule has 1 heterocycles. The van der Waals surface area contributed by atoms with Crippen molar-refractivity contribution in [3.8, 4) is 0 Å². The normalized spacial score (nSPS) is 11.1. The monoisotopic (exact) mass is 420 g/mol. The van der Waals surface area contributed by atoms with Crippen LogP contribution in [0.2, 0.25) is 0 Å². The minimum Gasteiger partial charge on any atom is -0.352 e. The van der Waals surface area contributed by atoms with Gasteiger partial charge in [0.1, 0.15) is 5.82 Å². The molecule has 0 aliphatic carbocycles. The number of carbonyl (C=O) groups is 2. The van der Waals surface area contributed by atoms with Crippen LogP contribution in [0.25, 0.3) is 11.0 Å². The van der Waals surface area contributed by atoms with Gasteiger partial charge in [0.2, 0.25) is 5.91 Å². The van der Waals surface area contributed by atoms with Crippen LogP contribution in [0.3, 0.4) is 0 Å². The molecular weight excluding hydrogens is 388 g/mol. The number of H-pyrrole nitrogens is 1. The summed E-state index contributed by atoms with van der Waals surface area (Å²) in [6.45, 7) is 6.96. The summed E-state index contributed by atoms with van der Waals surface area (Å²) in [4.78, 5) is 32.0. The second kappa shape index (κ2) is 10.8. The first-order chi connectivity index (χ1) is 14.9. The van der Waals surface area contributed by atoms with E-state index in [0.29, 0.717) is 24.4 Å². The molecule has 3 aromatic rings. The van der Waals surface area contributed by atoms with Crippen molar-refractivity contribution in [2.24, 2.45) is 5.92 Å². The minimum absolute atomic E-state index is 0.0468. The van der Waals surface area contributed by atoms with Crippen LogP contribution in [-0.2, 0) is 17.6 Å². The molecule has 0 spiro atoms. The average molecular weight is 421 g/mol. The largest absolute Gasteiger partial charge is 0.352 e. The van der Waals surface area contributed by atoms with E-state index in [0.717, 1.165) is 48.2 Å². The van der Waals surface area contributed by atoms with E-state index in [2.05, 4.69) is 34.4 Å². The number of rotatable bonds is 10. The van der Waals surface area contributed by atoms with Crippen LogP contribution >= 0.6 is 0 Å². The summed E-state index contributed by atoms with van der Waals surface area (Å²) in [6.07, 6.45) is 3.95. The number of nitrogens with zero attached hydrogens (tertiary/aromatic N) is 1. The second-order valence-corrected chi connectivity index (χ2v) is 8.35. The molecule has 2 aromatic carbocycles. The molecule has 0 radical (unpaired) electrons. The van der Waals surface area contributed by atoms with Crippen LogP contribution in [0, 0.1) is 5.92 Å². The molecule has 0 atom stereocenters. The van der Waals surface area contributed by atoms with E-state index in [4.69, 9.17) is 0 Å². The zero-order chi connectivity index (χ0) is 22.2. The lowest BCUT2D eigenvalue weighted by Crippen LogP contribution is -2.25. The average Bonchev–Trinajstić information content (AvgIpc) is 3.15. The number of nitrogens with one attached hydrogen (secondary N) is 3. The quantitative estimate of drug-likeness (QED) is 0.438. The summed E-state index contributed by atoms with van der Waals surface area (Å²) in [7, 11) is 0. The number of fused-ring (bicyclic) bond motifs is 1. The van der Waals surface area contributed by atoms with Gasteiger partial charge >= 0.3 is 0 Å². The molecule has 6 nitrogen and oxygen atoms in total. The Balaban J connectivity index is 1.57. The van der Waals surface area contributed by atoms with E-state index in [9.17, 15) is 9.59 Å². The third kappa shape index (κ3) is 6.67. The minimum atomic E-state index is -0.0511. The van der Waals surface area contributed by atoms with Crippen molar-refractivity contribution >= 4 is 28.5 Å². The fraction of sp³-hybridized carbons (Fsp3) is 0.400. The molecule has 0 fully saturated rings. The van der Waals surface area contributed by atoms with Crippen LogP contribution in [0.4, 0.5) is 5.69 Å². The Morgan fingerprint density at radius 1 is 1.06 bits per heavy atom. The van der Waals surface area contributed by atoms with Crippen LogP contribution in [0.5, 0.6) is 0 Å². The maximum Gasteiger partial charge on any atom is 0.251 e. The predicted octanol–water partition coefficient (Wildman–Crippen LogP) is 4.86. The Hall–Kier alpha value is -3.15. The number of amides is 2. The van der Waals surface area contributed by atoms with Gasteiger partial charge in [-0.25, -0.2) is 4.98 Å². The van der Waals surface area contributed by atoms with Gasteiger partial charge in [-0.1, -0.05) is 32.9 Å². The second-order valence-electron chi connectivity index (χ2n) is 8.35. The number of imidazole rings is 1. The van der Waals surface area contributed by atoms with Crippen LogP contribution in [-0.4, -0.2) is 28.3 Å². The van der Waals surface area contributed by atoms with Gasteiger partial charge in [0.05, 0.1) is 11.0 Å². The van der Waals surface area contributed by atoms with Crippen molar-refractivity contribution in [3.05, 3.63) is 59.4 Å². The third-order valence-electron chi connectivity index (χ3n) is 5.17. The maximum atomic E-state index is 12.3. The van der Waals surface area contributed by atoms with E-state index in [1.807, 2.05) is 49.4 Å². The lowest BCUT2D eigenvalue weighted by molar-refractivity contribution is -0.116. The van der Waals surface area contributed by atoms with Crippen LogP contribution in [0.1, 0.15) is 61.8 Å². The lowest BCUT2D eigenvalue weighted by atomic mass is 10.1. The van der Waals surface area contributed by atoms with E-state index in [-0.39, 0.29) is 11.8 Å². The maximum absolute atomic E-state index is 12.3. The summed E-state index contributed by atoms with van der Waals surface area (Å²) >= 11 is 0. The van der Waals surface area contributed by atoms with Crippen molar-refractivity contribution in [1.29, 1.82) is 0 Å². The summed E-state index contributed by atoms with van der Waals surface area (Å²) < 4.78 is 0. The molecule has 2 amide bonds. The predicted molar refractivity (Wildman–Crippen MR) is 125 cm³/mol. The first kappa shape index (κ1) is 22.5. The molecule has 31 heavy (non-hydrogen) atoms. The highest BCUT2D eigenvalue weighted by Crippen LogP contribution is 2.16. The lowest BCUT2D eigenvalue weighted by Gasteiger charge is -2.07. The molecule has 164 valence electrons. The Morgan fingerprint density at radius 3 is 2.55 bits per heavy atom. The molecule has 0 unspecified atom stereocenters. The van der Waals surface area contributed by atoms with Gasteiger partial charge in [-0.15, -0.1) is 0 Å². The third-order valence-corrected chi connectivity index (χ3v) is 5.17. The number of aromatic amines is 1. The number of carbonyl (C=O) groups excluding carboxylic acids is 2. The zero-order valence-corrected chi connectivity index (χ0v) is 18.6. The Bertz CT molecular complexity index is 1020. The Kier molecular flexibility index (Phi) is 7.82. The fourth-order valence-electron chi connectivity index (χ4n) is 3.37. The zero-order valence-electron chi connectivity index (χ0n) is 18.6. The van der Waals surface area contributed by atoms with E-state index in [1.54, 1.807) is 0 Å². The van der Waals surface area contributed by atoms with Crippen molar-refractivity contribution in [2.75, 3.05) is 11.9 Å². The molecule has 0 saturated heterocycles. The molecule has 3 rings (SSSR count). The first-order valence-electron chi connectivity index (χ1n) is 11.1. The number of aromatic nitrogens is 2. The standard InChI is InChI=1S/C25H32N4O2/c1-4-5-24(30)27-20-10-6-18(7-11-20)8-13-23-28-21-12-9-19(16-22(21)29-23)25(31)26-15-14-17(2)3/h6-7,9-12,16-17H,4-5,8,13-15H2,1-3H3,(H,26,31)(H,27,30)(H,28,29). The molecule has 0 aliphatic heterocycles. The molecule has 0 bridgehead atoms. The van der Waals surface area contributed by atoms with Gasteiger partial charge in [0, 0.05) is 30.6 Å². The molecular formula is C25H32N4O2. The SMILES string of the molecule is CCCC(=O)Nc1ccc(CCc2nc3ccc(C(=O)NCCC(C)C)cc3[nH]2)cc1. The number of aryl methyl sites for hydroxylation is 2. The van der Waals surface area contributed by atoms with Gasteiger partial charge in [0.15, 0.2) is 0 Å². The Morgan fingerprint density at radius 2 is 1.84 bits per heavy atom. The molecule has 3 N–H and O–H groups in total. The van der Waals surface area contributed by atoms with E-state index in [1.165, 1.54) is 5.56 Å². The summed E-state index contributed by atoms with van der Waals surface area (Å²) in [5.74, 6) is 1.46. The summed E-state index contributed by atoms with van der Waals surface area (Å²) in [5, 5.41) is 5.88. The number of hydrogen-bond donors (Lipinski definition) is 3. The molecule has 1 aromatic heterocycles. The number of benzene rings is 2. The highest BCUT2D eigenvalue weighted by atomic mass is 16.2. The van der Waals surface area contributed by atoms with Crippen LogP contribution < -0.4 is 10.6 Å². The fourth-order valence-corrected chi connectivity index (χ4v) is 3.37. The number of hydrogen-bond acceptors (Lipinski definition) is 3.